The second-order valence-corrected chi connectivity index (χ2v) is 7.83. The average Bonchev–Trinajstić information content (AvgIpc) is 3.12. The van der Waals surface area contributed by atoms with Crippen LogP contribution in [-0.4, -0.2) is 74.5 Å². The van der Waals surface area contributed by atoms with Gasteiger partial charge >= 0.3 is 0 Å². The standard InChI is InChI=1S/C21H35N5O.HI/c1-16(2)20(27)26-12-11-18(15-26)24-21(22-3)23-14-19(25(4)5)13-17-9-7-6-8-10-17;/h6-10,16,18-19H,11-15H2,1-5H3,(H2,22,23,24);1H. The fourth-order valence-electron chi connectivity index (χ4n) is 3.37. The predicted molar refractivity (Wildman–Crippen MR) is 127 cm³/mol. The van der Waals surface area contributed by atoms with Crippen molar-refractivity contribution in [3.63, 3.8) is 0 Å². The molecule has 1 aromatic carbocycles. The van der Waals surface area contributed by atoms with E-state index >= 15 is 0 Å². The average molecular weight is 501 g/mol. The van der Waals surface area contributed by atoms with E-state index in [1.165, 1.54) is 5.56 Å². The fraction of sp³-hybridized carbons (Fsp3) is 0.619. The highest BCUT2D eigenvalue weighted by Gasteiger charge is 2.28. The summed E-state index contributed by atoms with van der Waals surface area (Å²) >= 11 is 0. The summed E-state index contributed by atoms with van der Waals surface area (Å²) in [4.78, 5) is 20.7. The van der Waals surface area contributed by atoms with Crippen LogP contribution in [0.25, 0.3) is 0 Å². The van der Waals surface area contributed by atoms with Gasteiger partial charge in [-0.3, -0.25) is 9.79 Å². The number of carbonyl (C=O) groups excluding carboxylic acids is 1. The van der Waals surface area contributed by atoms with Crippen molar-refractivity contribution in [3.8, 4) is 0 Å². The number of rotatable bonds is 7. The number of hydrogen-bond donors (Lipinski definition) is 2. The van der Waals surface area contributed by atoms with Gasteiger partial charge in [0.2, 0.25) is 5.91 Å². The zero-order chi connectivity index (χ0) is 19.8. The number of amides is 1. The number of benzene rings is 1. The number of nitrogens with one attached hydrogen (secondary N) is 2. The van der Waals surface area contributed by atoms with Crippen LogP contribution in [0.5, 0.6) is 0 Å². The molecule has 1 aliphatic heterocycles. The zero-order valence-electron chi connectivity index (χ0n) is 17.8. The normalized spacial score (nSPS) is 18.2. The van der Waals surface area contributed by atoms with E-state index in [2.05, 4.69) is 58.9 Å². The third kappa shape index (κ3) is 7.58. The van der Waals surface area contributed by atoms with E-state index in [0.29, 0.717) is 6.04 Å². The van der Waals surface area contributed by atoms with Crippen molar-refractivity contribution in [2.24, 2.45) is 10.9 Å². The molecule has 28 heavy (non-hydrogen) atoms. The topological polar surface area (TPSA) is 60.0 Å². The second-order valence-electron chi connectivity index (χ2n) is 7.83. The van der Waals surface area contributed by atoms with Crippen LogP contribution >= 0.6 is 24.0 Å². The Morgan fingerprint density at radius 2 is 1.96 bits per heavy atom. The molecule has 2 rings (SSSR count). The van der Waals surface area contributed by atoms with Crippen molar-refractivity contribution >= 4 is 35.8 Å². The molecule has 0 aliphatic carbocycles. The lowest BCUT2D eigenvalue weighted by Crippen LogP contribution is -2.49. The van der Waals surface area contributed by atoms with Gasteiger partial charge in [-0.05, 0) is 32.5 Å². The molecule has 0 spiro atoms. The molecule has 1 saturated heterocycles. The minimum absolute atomic E-state index is 0. The summed E-state index contributed by atoms with van der Waals surface area (Å²) in [6.07, 6.45) is 1.94. The molecular formula is C21H36IN5O. The maximum absolute atomic E-state index is 12.2. The summed E-state index contributed by atoms with van der Waals surface area (Å²) in [5, 5.41) is 6.93. The Balaban J connectivity index is 0.00000392. The molecule has 1 amide bonds. The number of halogens is 1. The Kier molecular flexibility index (Phi) is 10.8. The summed E-state index contributed by atoms with van der Waals surface area (Å²) in [5.74, 6) is 1.09. The van der Waals surface area contributed by atoms with Crippen LogP contribution in [0.2, 0.25) is 0 Å². The van der Waals surface area contributed by atoms with Crippen LogP contribution in [-0.2, 0) is 11.2 Å². The Morgan fingerprint density at radius 3 is 2.54 bits per heavy atom. The first-order valence-corrected chi connectivity index (χ1v) is 9.87. The highest BCUT2D eigenvalue weighted by molar-refractivity contribution is 14.0. The summed E-state index contributed by atoms with van der Waals surface area (Å²) in [5.41, 5.74) is 1.33. The molecule has 2 unspecified atom stereocenters. The van der Waals surface area contributed by atoms with Gasteiger partial charge in [0.15, 0.2) is 5.96 Å². The van der Waals surface area contributed by atoms with E-state index in [9.17, 15) is 4.79 Å². The fourth-order valence-corrected chi connectivity index (χ4v) is 3.37. The van der Waals surface area contributed by atoms with Gasteiger partial charge in [-0.25, -0.2) is 0 Å². The lowest BCUT2D eigenvalue weighted by Gasteiger charge is -2.26. The third-order valence-electron chi connectivity index (χ3n) is 5.11. The van der Waals surface area contributed by atoms with Crippen LogP contribution in [0.1, 0.15) is 25.8 Å². The second kappa shape index (κ2) is 12.3. The SMILES string of the molecule is CN=C(NCC(Cc1ccccc1)N(C)C)NC1CCN(C(=O)C(C)C)C1.I. The highest BCUT2D eigenvalue weighted by Crippen LogP contribution is 2.13. The molecule has 0 radical (unpaired) electrons. The van der Waals surface area contributed by atoms with E-state index in [0.717, 1.165) is 38.4 Å². The maximum Gasteiger partial charge on any atom is 0.225 e. The lowest BCUT2D eigenvalue weighted by atomic mass is 10.1. The van der Waals surface area contributed by atoms with Crippen LogP contribution in [0.15, 0.2) is 35.3 Å². The van der Waals surface area contributed by atoms with Gasteiger partial charge in [0.05, 0.1) is 0 Å². The number of carbonyl (C=O) groups is 1. The van der Waals surface area contributed by atoms with Gasteiger partial charge in [-0.2, -0.15) is 0 Å². The number of guanidine groups is 1. The Hall–Kier alpha value is -1.35. The molecule has 6 nitrogen and oxygen atoms in total. The van der Waals surface area contributed by atoms with Crippen molar-refractivity contribution in [1.29, 1.82) is 0 Å². The lowest BCUT2D eigenvalue weighted by molar-refractivity contribution is -0.133. The monoisotopic (exact) mass is 501 g/mol. The molecule has 2 N–H and O–H groups in total. The largest absolute Gasteiger partial charge is 0.355 e. The molecule has 0 aromatic heterocycles. The molecule has 1 aromatic rings. The summed E-state index contributed by atoms with van der Waals surface area (Å²) in [6, 6.07) is 11.2. The number of likely N-dealkylation sites (tertiary alicyclic amines) is 1. The van der Waals surface area contributed by atoms with Crippen LogP contribution in [0, 0.1) is 5.92 Å². The van der Waals surface area contributed by atoms with E-state index in [4.69, 9.17) is 0 Å². The van der Waals surface area contributed by atoms with Gasteiger partial charge in [-0.1, -0.05) is 44.2 Å². The van der Waals surface area contributed by atoms with Crippen molar-refractivity contribution < 1.29 is 4.79 Å². The van der Waals surface area contributed by atoms with E-state index in [1.54, 1.807) is 7.05 Å². The van der Waals surface area contributed by atoms with Gasteiger partial charge in [0.25, 0.3) is 0 Å². The van der Waals surface area contributed by atoms with Crippen LogP contribution in [0.3, 0.4) is 0 Å². The van der Waals surface area contributed by atoms with Crippen molar-refractivity contribution in [3.05, 3.63) is 35.9 Å². The highest BCUT2D eigenvalue weighted by atomic mass is 127. The number of aliphatic imine (C=N–C) groups is 1. The number of likely N-dealkylation sites (N-methyl/N-ethyl adjacent to an activating group) is 1. The van der Waals surface area contributed by atoms with E-state index < -0.39 is 0 Å². The predicted octanol–water partition coefficient (Wildman–Crippen LogP) is 2.20. The quantitative estimate of drug-likeness (QED) is 0.342. The third-order valence-corrected chi connectivity index (χ3v) is 5.11. The van der Waals surface area contributed by atoms with E-state index in [1.807, 2.05) is 24.8 Å². The number of nitrogens with zero attached hydrogens (tertiary/aromatic N) is 3. The van der Waals surface area contributed by atoms with E-state index in [-0.39, 0.29) is 41.8 Å². The molecule has 2 atom stereocenters. The molecular weight excluding hydrogens is 465 g/mol. The Bertz CT molecular complexity index is 620. The number of hydrogen-bond acceptors (Lipinski definition) is 3. The molecule has 1 fully saturated rings. The van der Waals surface area contributed by atoms with Gasteiger partial charge in [0.1, 0.15) is 0 Å². The molecule has 0 bridgehead atoms. The Labute approximate surface area is 187 Å². The van der Waals surface area contributed by atoms with Crippen molar-refractivity contribution in [2.75, 3.05) is 40.8 Å². The minimum atomic E-state index is 0. The summed E-state index contributed by atoms with van der Waals surface area (Å²) in [7, 11) is 6.01. The molecule has 7 heteroatoms. The smallest absolute Gasteiger partial charge is 0.225 e. The minimum Gasteiger partial charge on any atom is -0.355 e. The van der Waals surface area contributed by atoms with Gasteiger partial charge in [-0.15, -0.1) is 24.0 Å². The zero-order valence-corrected chi connectivity index (χ0v) is 20.1. The van der Waals surface area contributed by atoms with Crippen LogP contribution in [0.4, 0.5) is 0 Å². The first-order valence-electron chi connectivity index (χ1n) is 9.87. The van der Waals surface area contributed by atoms with Crippen molar-refractivity contribution in [2.45, 2.75) is 38.8 Å². The Morgan fingerprint density at radius 1 is 1.29 bits per heavy atom. The van der Waals surface area contributed by atoms with Gasteiger partial charge in [0, 0.05) is 44.7 Å². The van der Waals surface area contributed by atoms with Gasteiger partial charge < -0.3 is 20.4 Å². The van der Waals surface area contributed by atoms with Crippen molar-refractivity contribution in [1.82, 2.24) is 20.4 Å². The first kappa shape index (κ1) is 24.7. The summed E-state index contributed by atoms with van der Waals surface area (Å²) in [6.45, 7) is 6.29. The molecule has 1 aliphatic rings. The summed E-state index contributed by atoms with van der Waals surface area (Å²) < 4.78 is 0. The van der Waals surface area contributed by atoms with Crippen LogP contribution < -0.4 is 10.6 Å². The molecule has 1 heterocycles. The first-order chi connectivity index (χ1) is 12.9. The maximum atomic E-state index is 12.2. The molecule has 158 valence electrons. The molecule has 0 saturated carbocycles.